The molecule has 106 valence electrons. The Morgan fingerprint density at radius 1 is 1.50 bits per heavy atom. The molecule has 0 aliphatic carbocycles. The van der Waals surface area contributed by atoms with Gasteiger partial charge >= 0.3 is 0 Å². The van der Waals surface area contributed by atoms with Gasteiger partial charge in [0.15, 0.2) is 5.82 Å². The summed E-state index contributed by atoms with van der Waals surface area (Å²) in [6, 6.07) is 4.45. The molecule has 0 amide bonds. The van der Waals surface area contributed by atoms with Crippen LogP contribution in [0.4, 0.5) is 5.69 Å². The lowest BCUT2D eigenvalue weighted by atomic mass is 10.00. The standard InChI is InChI=1S/C12H13BrN4O3/c1-3-12(2,14)11-15-10(20-16-11)7-4-8(13)6-9(5-7)17(18)19/h4-6H,3,14H2,1-2H3. The van der Waals surface area contributed by atoms with Gasteiger partial charge in [0.1, 0.15) is 0 Å². The van der Waals surface area contributed by atoms with Crippen LogP contribution in [0.3, 0.4) is 0 Å². The van der Waals surface area contributed by atoms with Crippen molar-refractivity contribution in [1.29, 1.82) is 0 Å². The number of hydrogen-bond donors (Lipinski definition) is 1. The highest BCUT2D eigenvalue weighted by Crippen LogP contribution is 2.29. The molecule has 1 atom stereocenters. The molecule has 7 nitrogen and oxygen atoms in total. The highest BCUT2D eigenvalue weighted by atomic mass is 79.9. The number of aromatic nitrogens is 2. The molecule has 0 saturated heterocycles. The molecule has 2 aromatic rings. The second-order valence-corrected chi connectivity index (χ2v) is 5.57. The summed E-state index contributed by atoms with van der Waals surface area (Å²) in [5, 5.41) is 14.7. The molecule has 2 N–H and O–H groups in total. The summed E-state index contributed by atoms with van der Waals surface area (Å²) in [7, 11) is 0. The van der Waals surface area contributed by atoms with Crippen molar-refractivity contribution >= 4 is 21.6 Å². The van der Waals surface area contributed by atoms with Gasteiger partial charge in [-0.15, -0.1) is 0 Å². The molecular weight excluding hydrogens is 328 g/mol. The number of nitro benzene ring substituents is 1. The van der Waals surface area contributed by atoms with Crippen molar-refractivity contribution in [3.05, 3.63) is 38.6 Å². The van der Waals surface area contributed by atoms with E-state index in [0.717, 1.165) is 0 Å². The fourth-order valence-electron chi connectivity index (χ4n) is 1.53. The SMILES string of the molecule is CCC(C)(N)c1noc(-c2cc(Br)cc([N+](=O)[O-])c2)n1. The first kappa shape index (κ1) is 14.6. The van der Waals surface area contributed by atoms with E-state index in [1.807, 2.05) is 6.92 Å². The quantitative estimate of drug-likeness (QED) is 0.676. The van der Waals surface area contributed by atoms with Crippen LogP contribution in [0.25, 0.3) is 11.5 Å². The lowest BCUT2D eigenvalue weighted by molar-refractivity contribution is -0.384. The third-order valence-corrected chi connectivity index (χ3v) is 3.47. The number of nitrogens with zero attached hydrogens (tertiary/aromatic N) is 3. The molecule has 1 aromatic heterocycles. The summed E-state index contributed by atoms with van der Waals surface area (Å²) >= 11 is 3.22. The Balaban J connectivity index is 2.45. The van der Waals surface area contributed by atoms with E-state index in [1.165, 1.54) is 12.1 Å². The van der Waals surface area contributed by atoms with Crippen LogP contribution in [0.2, 0.25) is 0 Å². The van der Waals surface area contributed by atoms with Gasteiger partial charge in [0.2, 0.25) is 0 Å². The maximum atomic E-state index is 10.8. The third-order valence-electron chi connectivity index (χ3n) is 3.01. The van der Waals surface area contributed by atoms with Gasteiger partial charge in [-0.05, 0) is 19.4 Å². The molecule has 20 heavy (non-hydrogen) atoms. The zero-order chi connectivity index (χ0) is 14.9. The number of halogens is 1. The van der Waals surface area contributed by atoms with Gasteiger partial charge < -0.3 is 10.3 Å². The first-order valence-corrected chi connectivity index (χ1v) is 6.71. The molecule has 1 aromatic carbocycles. The van der Waals surface area contributed by atoms with Crippen LogP contribution >= 0.6 is 15.9 Å². The Bertz CT molecular complexity index is 654. The zero-order valence-corrected chi connectivity index (χ0v) is 12.5. The Morgan fingerprint density at radius 2 is 2.20 bits per heavy atom. The molecule has 2 rings (SSSR count). The molecule has 8 heteroatoms. The smallest absolute Gasteiger partial charge is 0.271 e. The molecule has 1 unspecified atom stereocenters. The maximum Gasteiger partial charge on any atom is 0.271 e. The Labute approximate surface area is 123 Å². The number of hydrogen-bond acceptors (Lipinski definition) is 6. The van der Waals surface area contributed by atoms with Crippen LogP contribution in [0, 0.1) is 10.1 Å². The number of nitro groups is 1. The maximum absolute atomic E-state index is 10.8. The van der Waals surface area contributed by atoms with Crippen LogP contribution in [-0.2, 0) is 5.54 Å². The molecule has 0 saturated carbocycles. The average molecular weight is 341 g/mol. The summed E-state index contributed by atoms with van der Waals surface area (Å²) in [6.45, 7) is 3.71. The molecule has 0 radical (unpaired) electrons. The van der Waals surface area contributed by atoms with Crippen molar-refractivity contribution in [2.24, 2.45) is 5.73 Å². The number of rotatable bonds is 4. The van der Waals surface area contributed by atoms with Crippen LogP contribution < -0.4 is 5.73 Å². The number of non-ortho nitro benzene ring substituents is 1. The number of benzene rings is 1. The molecular formula is C12H13BrN4O3. The van der Waals surface area contributed by atoms with E-state index in [9.17, 15) is 10.1 Å². The topological polar surface area (TPSA) is 108 Å². The van der Waals surface area contributed by atoms with E-state index in [1.54, 1.807) is 13.0 Å². The van der Waals surface area contributed by atoms with E-state index in [-0.39, 0.29) is 11.6 Å². The summed E-state index contributed by atoms with van der Waals surface area (Å²) in [5.74, 6) is 0.576. The predicted molar refractivity (Wildman–Crippen MR) is 75.9 cm³/mol. The largest absolute Gasteiger partial charge is 0.334 e. The lowest BCUT2D eigenvalue weighted by Gasteiger charge is -2.16. The van der Waals surface area contributed by atoms with Gasteiger partial charge in [-0.3, -0.25) is 10.1 Å². The Kier molecular flexibility index (Phi) is 3.87. The van der Waals surface area contributed by atoms with Gasteiger partial charge in [-0.25, -0.2) is 0 Å². The summed E-state index contributed by atoms with van der Waals surface area (Å²) < 4.78 is 5.71. The third kappa shape index (κ3) is 2.86. The molecule has 0 bridgehead atoms. The second-order valence-electron chi connectivity index (χ2n) is 4.65. The van der Waals surface area contributed by atoms with Crippen molar-refractivity contribution in [2.75, 3.05) is 0 Å². The van der Waals surface area contributed by atoms with E-state index in [2.05, 4.69) is 26.1 Å². The molecule has 0 aliphatic heterocycles. The van der Waals surface area contributed by atoms with Crippen molar-refractivity contribution in [2.45, 2.75) is 25.8 Å². The van der Waals surface area contributed by atoms with Crippen molar-refractivity contribution in [3.63, 3.8) is 0 Å². The first-order valence-electron chi connectivity index (χ1n) is 5.92. The monoisotopic (exact) mass is 340 g/mol. The average Bonchev–Trinajstić information content (AvgIpc) is 2.88. The number of nitrogens with two attached hydrogens (primary N) is 1. The molecule has 0 fully saturated rings. The van der Waals surface area contributed by atoms with Crippen molar-refractivity contribution in [1.82, 2.24) is 10.1 Å². The van der Waals surface area contributed by atoms with E-state index < -0.39 is 10.5 Å². The minimum absolute atomic E-state index is 0.0554. The van der Waals surface area contributed by atoms with E-state index >= 15 is 0 Å². The zero-order valence-electron chi connectivity index (χ0n) is 11.0. The molecule has 1 heterocycles. The highest BCUT2D eigenvalue weighted by Gasteiger charge is 2.26. The fourth-order valence-corrected chi connectivity index (χ4v) is 2.02. The summed E-state index contributed by atoms with van der Waals surface area (Å²) in [6.07, 6.45) is 0.643. The van der Waals surface area contributed by atoms with Crippen LogP contribution in [0.15, 0.2) is 27.2 Å². The fraction of sp³-hybridized carbons (Fsp3) is 0.333. The summed E-state index contributed by atoms with van der Waals surface area (Å²) in [5.41, 5.74) is 5.75. The van der Waals surface area contributed by atoms with Gasteiger partial charge in [-0.2, -0.15) is 4.98 Å². The van der Waals surface area contributed by atoms with Gasteiger partial charge in [0.25, 0.3) is 11.6 Å². The minimum Gasteiger partial charge on any atom is -0.334 e. The second kappa shape index (κ2) is 5.29. The summed E-state index contributed by atoms with van der Waals surface area (Å²) in [4.78, 5) is 14.6. The van der Waals surface area contributed by atoms with Crippen LogP contribution in [0.1, 0.15) is 26.1 Å². The van der Waals surface area contributed by atoms with Gasteiger partial charge in [0, 0.05) is 22.2 Å². The Hall–Kier alpha value is -1.80. The normalized spacial score (nSPS) is 14.0. The van der Waals surface area contributed by atoms with Gasteiger partial charge in [-0.1, -0.05) is 28.0 Å². The predicted octanol–water partition coefficient (Wildman–Crippen LogP) is 2.99. The lowest BCUT2D eigenvalue weighted by Crippen LogP contribution is -2.33. The minimum atomic E-state index is -0.695. The van der Waals surface area contributed by atoms with Crippen molar-refractivity contribution in [3.8, 4) is 11.5 Å². The molecule has 0 aliphatic rings. The van der Waals surface area contributed by atoms with Gasteiger partial charge in [0.05, 0.1) is 10.5 Å². The van der Waals surface area contributed by atoms with Crippen molar-refractivity contribution < 1.29 is 9.45 Å². The van der Waals surface area contributed by atoms with E-state index in [0.29, 0.717) is 22.3 Å². The Morgan fingerprint density at radius 3 is 2.80 bits per heavy atom. The molecule has 0 spiro atoms. The first-order chi connectivity index (χ1) is 9.33. The van der Waals surface area contributed by atoms with Crippen LogP contribution in [0.5, 0.6) is 0 Å². The van der Waals surface area contributed by atoms with Crippen LogP contribution in [-0.4, -0.2) is 15.1 Å². The highest BCUT2D eigenvalue weighted by molar-refractivity contribution is 9.10. The van der Waals surface area contributed by atoms with E-state index in [4.69, 9.17) is 10.3 Å².